The third kappa shape index (κ3) is 2.41. The molecular formula is C19H23N3S. The maximum absolute atomic E-state index is 6.12. The molecule has 1 aliphatic carbocycles. The summed E-state index contributed by atoms with van der Waals surface area (Å²) in [6.07, 6.45) is 4.66. The van der Waals surface area contributed by atoms with Gasteiger partial charge in [0.15, 0.2) is 4.96 Å². The minimum absolute atomic E-state index is 0.532. The van der Waals surface area contributed by atoms with Gasteiger partial charge in [0.2, 0.25) is 0 Å². The number of aromatic nitrogens is 2. The Morgan fingerprint density at radius 2 is 2.09 bits per heavy atom. The highest BCUT2D eigenvalue weighted by Crippen LogP contribution is 2.36. The summed E-state index contributed by atoms with van der Waals surface area (Å²) in [5, 5.41) is 0. The Labute approximate surface area is 141 Å². The van der Waals surface area contributed by atoms with Gasteiger partial charge in [-0.05, 0) is 37.2 Å². The third-order valence-corrected chi connectivity index (χ3v) is 6.09. The van der Waals surface area contributed by atoms with Crippen molar-refractivity contribution in [1.29, 1.82) is 0 Å². The van der Waals surface area contributed by atoms with Crippen molar-refractivity contribution in [3.63, 3.8) is 0 Å². The van der Waals surface area contributed by atoms with Crippen molar-refractivity contribution in [2.45, 2.75) is 46.1 Å². The molecule has 2 N–H and O–H groups in total. The maximum Gasteiger partial charge on any atom is 0.194 e. The minimum atomic E-state index is 0.532. The molecule has 0 amide bonds. The van der Waals surface area contributed by atoms with Crippen LogP contribution < -0.4 is 5.73 Å². The molecule has 3 aromatic rings. The molecule has 4 heteroatoms. The smallest absolute Gasteiger partial charge is 0.194 e. The fourth-order valence-electron chi connectivity index (χ4n) is 3.60. The molecule has 3 nitrogen and oxygen atoms in total. The van der Waals surface area contributed by atoms with Crippen LogP contribution >= 0.6 is 11.3 Å². The van der Waals surface area contributed by atoms with Gasteiger partial charge in [-0.15, -0.1) is 11.3 Å². The van der Waals surface area contributed by atoms with E-state index in [1.165, 1.54) is 34.5 Å². The van der Waals surface area contributed by atoms with Gasteiger partial charge in [0.05, 0.1) is 11.4 Å². The summed E-state index contributed by atoms with van der Waals surface area (Å²) in [6, 6.07) is 8.75. The monoisotopic (exact) mass is 325 g/mol. The molecule has 1 aliphatic rings. The van der Waals surface area contributed by atoms with Crippen LogP contribution in [-0.4, -0.2) is 9.38 Å². The number of hydrogen-bond acceptors (Lipinski definition) is 3. The van der Waals surface area contributed by atoms with Crippen molar-refractivity contribution in [1.82, 2.24) is 9.38 Å². The molecule has 0 spiro atoms. The second-order valence-electron chi connectivity index (χ2n) is 6.60. The van der Waals surface area contributed by atoms with Gasteiger partial charge in [0, 0.05) is 22.7 Å². The van der Waals surface area contributed by atoms with Crippen LogP contribution in [0.3, 0.4) is 0 Å². The predicted molar refractivity (Wildman–Crippen MR) is 97.0 cm³/mol. The van der Waals surface area contributed by atoms with Crippen LogP contribution in [0.4, 0.5) is 0 Å². The quantitative estimate of drug-likeness (QED) is 0.784. The zero-order valence-corrected chi connectivity index (χ0v) is 14.6. The van der Waals surface area contributed by atoms with Crippen LogP contribution in [0.1, 0.15) is 42.1 Å². The number of fused-ring (bicyclic) bond motifs is 3. The Morgan fingerprint density at radius 3 is 2.78 bits per heavy atom. The molecule has 0 radical (unpaired) electrons. The topological polar surface area (TPSA) is 43.3 Å². The second kappa shape index (κ2) is 5.77. The normalized spacial score (nSPS) is 17.6. The van der Waals surface area contributed by atoms with Crippen LogP contribution in [0, 0.1) is 5.92 Å². The van der Waals surface area contributed by atoms with Gasteiger partial charge in [-0.3, -0.25) is 4.40 Å². The number of imidazole rings is 1. The first-order valence-corrected chi connectivity index (χ1v) is 9.34. The summed E-state index contributed by atoms with van der Waals surface area (Å²) < 4.78 is 2.34. The number of hydrogen-bond donors (Lipinski definition) is 1. The summed E-state index contributed by atoms with van der Waals surface area (Å²) in [5.41, 5.74) is 12.3. The van der Waals surface area contributed by atoms with E-state index in [2.05, 4.69) is 42.5 Å². The molecule has 2 aromatic heterocycles. The molecule has 4 rings (SSSR count). The molecule has 0 saturated heterocycles. The summed E-state index contributed by atoms with van der Waals surface area (Å²) in [4.78, 5) is 7.56. The molecule has 0 fully saturated rings. The average molecular weight is 325 g/mol. The molecule has 0 bridgehead atoms. The number of nitrogens with zero attached hydrogens (tertiary/aromatic N) is 2. The van der Waals surface area contributed by atoms with Gasteiger partial charge >= 0.3 is 0 Å². The van der Waals surface area contributed by atoms with Gasteiger partial charge in [0.25, 0.3) is 0 Å². The molecular weight excluding hydrogens is 302 g/mol. The number of benzene rings is 1. The number of thiazole rings is 1. The first-order chi connectivity index (χ1) is 11.2. The van der Waals surface area contributed by atoms with Crippen LogP contribution in [0.2, 0.25) is 0 Å². The highest BCUT2D eigenvalue weighted by molar-refractivity contribution is 7.17. The fraction of sp³-hybridized carbons (Fsp3) is 0.421. The zero-order chi connectivity index (χ0) is 16.0. The minimum Gasteiger partial charge on any atom is -0.325 e. The Balaban J connectivity index is 1.86. The van der Waals surface area contributed by atoms with Gasteiger partial charge in [0.1, 0.15) is 0 Å². The summed E-state index contributed by atoms with van der Waals surface area (Å²) in [6.45, 7) is 5.06. The lowest BCUT2D eigenvalue weighted by atomic mass is 9.93. The first kappa shape index (κ1) is 14.9. The average Bonchev–Trinajstić information content (AvgIpc) is 3.09. The third-order valence-electron chi connectivity index (χ3n) is 4.99. The van der Waals surface area contributed by atoms with E-state index in [0.29, 0.717) is 6.54 Å². The second-order valence-corrected chi connectivity index (χ2v) is 7.66. The molecule has 1 atom stereocenters. The first-order valence-electron chi connectivity index (χ1n) is 8.52. The maximum atomic E-state index is 6.12. The van der Waals surface area contributed by atoms with Crippen LogP contribution in [0.25, 0.3) is 16.2 Å². The lowest BCUT2D eigenvalue weighted by Gasteiger charge is -2.18. The van der Waals surface area contributed by atoms with Crippen LogP contribution in [0.15, 0.2) is 24.3 Å². The van der Waals surface area contributed by atoms with E-state index >= 15 is 0 Å². The molecule has 1 unspecified atom stereocenters. The number of nitrogens with two attached hydrogens (primary N) is 1. The standard InChI is InChI=1S/C19H23N3S/c1-3-13-5-7-14(8-6-13)18-16(11-20)22-15-9-4-12(2)10-17(15)23-19(22)21-18/h5-8,12H,3-4,9-11,20H2,1-2H3. The molecule has 1 aromatic carbocycles. The van der Waals surface area contributed by atoms with E-state index in [1.54, 1.807) is 0 Å². The van der Waals surface area contributed by atoms with Crippen molar-refractivity contribution in [2.75, 3.05) is 0 Å². The molecule has 2 heterocycles. The van der Waals surface area contributed by atoms with Crippen LogP contribution in [0.5, 0.6) is 0 Å². The Bertz CT molecular complexity index is 842. The van der Waals surface area contributed by atoms with Gasteiger partial charge in [-0.25, -0.2) is 4.98 Å². The molecule has 23 heavy (non-hydrogen) atoms. The number of aryl methyl sites for hydroxylation is 2. The van der Waals surface area contributed by atoms with E-state index < -0.39 is 0 Å². The van der Waals surface area contributed by atoms with Gasteiger partial charge in [-0.1, -0.05) is 38.1 Å². The van der Waals surface area contributed by atoms with E-state index in [-0.39, 0.29) is 0 Å². The van der Waals surface area contributed by atoms with Crippen molar-refractivity contribution in [3.05, 3.63) is 46.1 Å². The zero-order valence-electron chi connectivity index (χ0n) is 13.8. The van der Waals surface area contributed by atoms with Gasteiger partial charge < -0.3 is 5.73 Å². The van der Waals surface area contributed by atoms with Crippen molar-refractivity contribution < 1.29 is 0 Å². The van der Waals surface area contributed by atoms with E-state index in [0.717, 1.165) is 35.1 Å². The number of rotatable bonds is 3. The van der Waals surface area contributed by atoms with Gasteiger partial charge in [-0.2, -0.15) is 0 Å². The lowest BCUT2D eigenvalue weighted by Crippen LogP contribution is -2.13. The molecule has 0 aliphatic heterocycles. The van der Waals surface area contributed by atoms with Crippen LogP contribution in [-0.2, 0) is 25.8 Å². The Kier molecular flexibility index (Phi) is 3.74. The highest BCUT2D eigenvalue weighted by Gasteiger charge is 2.24. The summed E-state index contributed by atoms with van der Waals surface area (Å²) in [5.74, 6) is 0.785. The largest absolute Gasteiger partial charge is 0.325 e. The van der Waals surface area contributed by atoms with E-state index in [1.807, 2.05) is 11.3 Å². The summed E-state index contributed by atoms with van der Waals surface area (Å²) in [7, 11) is 0. The predicted octanol–water partition coefficient (Wildman–Crippen LogP) is 4.21. The van der Waals surface area contributed by atoms with Crippen molar-refractivity contribution in [2.24, 2.45) is 11.7 Å². The highest BCUT2D eigenvalue weighted by atomic mass is 32.1. The van der Waals surface area contributed by atoms with Crippen molar-refractivity contribution >= 4 is 16.3 Å². The lowest BCUT2D eigenvalue weighted by molar-refractivity contribution is 0.498. The molecule has 120 valence electrons. The van der Waals surface area contributed by atoms with E-state index in [9.17, 15) is 0 Å². The molecule has 0 saturated carbocycles. The van der Waals surface area contributed by atoms with E-state index in [4.69, 9.17) is 10.7 Å². The Morgan fingerprint density at radius 1 is 1.30 bits per heavy atom. The van der Waals surface area contributed by atoms with Crippen molar-refractivity contribution in [3.8, 4) is 11.3 Å². The SMILES string of the molecule is CCc1ccc(-c2nc3sc4c(n3c2CN)CCC(C)C4)cc1. The Hall–Kier alpha value is -1.65. The fourth-order valence-corrected chi connectivity index (χ4v) is 4.95. The summed E-state index contributed by atoms with van der Waals surface area (Å²) >= 11 is 1.85.